The van der Waals surface area contributed by atoms with Crippen LogP contribution in [0.3, 0.4) is 0 Å². The Hall–Kier alpha value is -1.13. The molecule has 0 amide bonds. The molecule has 2 heterocycles. The van der Waals surface area contributed by atoms with E-state index in [1.165, 1.54) is 11.3 Å². The zero-order chi connectivity index (χ0) is 12.3. The van der Waals surface area contributed by atoms with E-state index in [9.17, 15) is 4.79 Å². The quantitative estimate of drug-likeness (QED) is 0.772. The molecular formula is C12H13ClN2OS. The Balaban J connectivity index is 2.32. The normalized spacial score (nSPS) is 10.7. The Morgan fingerprint density at radius 3 is 3.00 bits per heavy atom. The summed E-state index contributed by atoms with van der Waals surface area (Å²) in [6.07, 6.45) is 4.81. The van der Waals surface area contributed by atoms with Crippen molar-refractivity contribution in [3.63, 3.8) is 0 Å². The molecule has 0 bridgehead atoms. The highest BCUT2D eigenvalue weighted by molar-refractivity contribution is 7.14. The van der Waals surface area contributed by atoms with Gasteiger partial charge in [-0.25, -0.2) is 0 Å². The van der Waals surface area contributed by atoms with Gasteiger partial charge in [0.1, 0.15) is 5.69 Å². The second-order valence-corrected chi connectivity index (χ2v) is 5.35. The molecule has 90 valence electrons. The number of unbranched alkanes of at least 4 members (excludes halogenated alkanes) is 1. The number of aryl methyl sites for hydroxylation is 1. The molecule has 17 heavy (non-hydrogen) atoms. The summed E-state index contributed by atoms with van der Waals surface area (Å²) in [7, 11) is 0. The second-order valence-electron chi connectivity index (χ2n) is 3.81. The fraction of sp³-hybridized carbons (Fsp3) is 0.333. The lowest BCUT2D eigenvalue weighted by atomic mass is 10.2. The van der Waals surface area contributed by atoms with Crippen molar-refractivity contribution in [3.8, 4) is 11.3 Å². The Morgan fingerprint density at radius 2 is 2.41 bits per heavy atom. The molecule has 0 aliphatic carbocycles. The number of nitrogens with zero attached hydrogens (tertiary/aromatic N) is 2. The number of aromatic nitrogens is 2. The van der Waals surface area contributed by atoms with Crippen molar-refractivity contribution in [1.82, 2.24) is 9.78 Å². The van der Waals surface area contributed by atoms with Gasteiger partial charge in [-0.1, -0.05) is 24.9 Å². The van der Waals surface area contributed by atoms with Gasteiger partial charge < -0.3 is 0 Å². The van der Waals surface area contributed by atoms with Crippen molar-refractivity contribution in [1.29, 1.82) is 0 Å². The highest BCUT2D eigenvalue weighted by Gasteiger charge is 2.11. The number of thiophene rings is 1. The van der Waals surface area contributed by atoms with Gasteiger partial charge in [-0.3, -0.25) is 9.48 Å². The van der Waals surface area contributed by atoms with Crippen molar-refractivity contribution >= 4 is 29.2 Å². The topological polar surface area (TPSA) is 34.9 Å². The third-order valence-corrected chi connectivity index (χ3v) is 3.59. The number of halogens is 1. The molecule has 0 saturated carbocycles. The summed E-state index contributed by atoms with van der Waals surface area (Å²) in [6.45, 7) is 2.97. The molecule has 0 unspecified atom stereocenters. The average molecular weight is 269 g/mol. The largest absolute Gasteiger partial charge is 0.298 e. The summed E-state index contributed by atoms with van der Waals surface area (Å²) in [5.74, 6) is 0. The highest BCUT2D eigenvalue weighted by Crippen LogP contribution is 2.29. The first-order valence-corrected chi connectivity index (χ1v) is 6.77. The highest BCUT2D eigenvalue weighted by atomic mass is 35.5. The lowest BCUT2D eigenvalue weighted by molar-refractivity contribution is 0.112. The second kappa shape index (κ2) is 5.47. The van der Waals surface area contributed by atoms with E-state index >= 15 is 0 Å². The van der Waals surface area contributed by atoms with Crippen molar-refractivity contribution in [2.24, 2.45) is 0 Å². The third kappa shape index (κ3) is 2.76. The molecule has 0 saturated heterocycles. The maximum absolute atomic E-state index is 11.0. The van der Waals surface area contributed by atoms with Crippen LogP contribution >= 0.6 is 22.9 Å². The first-order valence-electron chi connectivity index (χ1n) is 5.51. The predicted molar refractivity (Wildman–Crippen MR) is 70.8 cm³/mol. The molecule has 2 rings (SSSR count). The van der Waals surface area contributed by atoms with Crippen LogP contribution in [-0.4, -0.2) is 16.1 Å². The average Bonchev–Trinajstić information content (AvgIpc) is 2.92. The van der Waals surface area contributed by atoms with E-state index in [1.54, 1.807) is 6.20 Å². The molecule has 2 aromatic rings. The monoisotopic (exact) mass is 268 g/mol. The first kappa shape index (κ1) is 12.3. The van der Waals surface area contributed by atoms with E-state index < -0.39 is 0 Å². The lowest BCUT2D eigenvalue weighted by Gasteiger charge is -1.97. The minimum Gasteiger partial charge on any atom is -0.298 e. The molecule has 3 nitrogen and oxygen atoms in total. The van der Waals surface area contributed by atoms with Gasteiger partial charge in [0.05, 0.1) is 9.90 Å². The van der Waals surface area contributed by atoms with Gasteiger partial charge in [-0.15, -0.1) is 11.3 Å². The number of hydrogen-bond donors (Lipinski definition) is 0. The summed E-state index contributed by atoms with van der Waals surface area (Å²) in [5.41, 5.74) is 2.26. The molecule has 0 fully saturated rings. The number of hydrogen-bond acceptors (Lipinski definition) is 3. The van der Waals surface area contributed by atoms with Crippen molar-refractivity contribution < 1.29 is 4.79 Å². The summed E-state index contributed by atoms with van der Waals surface area (Å²) >= 11 is 7.34. The third-order valence-electron chi connectivity index (χ3n) is 2.50. The van der Waals surface area contributed by atoms with Crippen LogP contribution < -0.4 is 0 Å². The molecule has 0 aliphatic heterocycles. The van der Waals surface area contributed by atoms with Gasteiger partial charge in [0, 0.05) is 23.7 Å². The molecular weight excluding hydrogens is 256 g/mol. The van der Waals surface area contributed by atoms with Gasteiger partial charge in [0.15, 0.2) is 6.29 Å². The Kier molecular flexibility index (Phi) is 3.97. The van der Waals surface area contributed by atoms with E-state index in [4.69, 9.17) is 11.6 Å². The molecule has 0 aromatic carbocycles. The fourth-order valence-electron chi connectivity index (χ4n) is 1.62. The molecule has 0 radical (unpaired) electrons. The lowest BCUT2D eigenvalue weighted by Crippen LogP contribution is -1.97. The zero-order valence-corrected chi connectivity index (χ0v) is 11.1. The minimum atomic E-state index is 0.621. The molecule has 0 N–H and O–H groups in total. The summed E-state index contributed by atoms with van der Waals surface area (Å²) in [5, 5.41) is 6.35. The molecule has 0 atom stereocenters. The van der Waals surface area contributed by atoms with Crippen LogP contribution in [0, 0.1) is 0 Å². The molecule has 5 heteroatoms. The van der Waals surface area contributed by atoms with E-state index in [1.807, 2.05) is 16.1 Å². The van der Waals surface area contributed by atoms with Crippen molar-refractivity contribution in [3.05, 3.63) is 27.5 Å². The van der Waals surface area contributed by atoms with Crippen LogP contribution in [0.2, 0.25) is 4.34 Å². The van der Waals surface area contributed by atoms with E-state index in [2.05, 4.69) is 12.0 Å². The van der Waals surface area contributed by atoms with E-state index in [-0.39, 0.29) is 0 Å². The molecule has 0 spiro atoms. The van der Waals surface area contributed by atoms with Gasteiger partial charge in [-0.05, 0) is 12.5 Å². The van der Waals surface area contributed by atoms with Crippen LogP contribution in [0.5, 0.6) is 0 Å². The summed E-state index contributed by atoms with van der Waals surface area (Å²) in [6, 6.07) is 1.84. The summed E-state index contributed by atoms with van der Waals surface area (Å²) in [4.78, 5) is 11.0. The van der Waals surface area contributed by atoms with Crippen LogP contribution in [-0.2, 0) is 6.54 Å². The fourth-order valence-corrected chi connectivity index (χ4v) is 2.48. The Labute approximate surface area is 109 Å². The zero-order valence-electron chi connectivity index (χ0n) is 9.52. The van der Waals surface area contributed by atoms with Crippen LogP contribution in [0.25, 0.3) is 11.3 Å². The van der Waals surface area contributed by atoms with Crippen LogP contribution in [0.15, 0.2) is 17.6 Å². The standard InChI is InChI=1S/C12H13ClN2OS/c1-2-3-4-15-6-10(7-16)12(14-15)9-5-11(13)17-8-9/h5-8H,2-4H2,1H3. The minimum absolute atomic E-state index is 0.621. The van der Waals surface area contributed by atoms with Crippen LogP contribution in [0.4, 0.5) is 0 Å². The van der Waals surface area contributed by atoms with Crippen molar-refractivity contribution in [2.45, 2.75) is 26.3 Å². The first-order chi connectivity index (χ1) is 8.24. The number of carbonyl (C=O) groups excluding carboxylic acids is 1. The number of rotatable bonds is 5. The number of aldehydes is 1. The Bertz CT molecular complexity index is 518. The summed E-state index contributed by atoms with van der Waals surface area (Å²) < 4.78 is 2.54. The van der Waals surface area contributed by atoms with Gasteiger partial charge >= 0.3 is 0 Å². The van der Waals surface area contributed by atoms with Gasteiger partial charge in [0.25, 0.3) is 0 Å². The smallest absolute Gasteiger partial charge is 0.153 e. The SMILES string of the molecule is CCCCn1cc(C=O)c(-c2csc(Cl)c2)n1. The Morgan fingerprint density at radius 1 is 1.59 bits per heavy atom. The maximum Gasteiger partial charge on any atom is 0.153 e. The number of carbonyl (C=O) groups is 1. The molecule has 0 aliphatic rings. The molecule has 2 aromatic heterocycles. The van der Waals surface area contributed by atoms with E-state index in [0.29, 0.717) is 9.90 Å². The van der Waals surface area contributed by atoms with Crippen molar-refractivity contribution in [2.75, 3.05) is 0 Å². The maximum atomic E-state index is 11.0. The van der Waals surface area contributed by atoms with Gasteiger partial charge in [0.2, 0.25) is 0 Å². The predicted octanol–water partition coefficient (Wildman–Crippen LogP) is 3.88. The van der Waals surface area contributed by atoms with Gasteiger partial charge in [-0.2, -0.15) is 5.10 Å². The van der Waals surface area contributed by atoms with E-state index in [0.717, 1.165) is 36.9 Å². The van der Waals surface area contributed by atoms with Crippen LogP contribution in [0.1, 0.15) is 30.1 Å².